The van der Waals surface area contributed by atoms with Crippen molar-refractivity contribution in [3.05, 3.63) is 84.2 Å². The number of alkyl halides is 3. The lowest BCUT2D eigenvalue weighted by atomic mass is 9.98. The van der Waals surface area contributed by atoms with Crippen molar-refractivity contribution >= 4 is 10.8 Å². The van der Waals surface area contributed by atoms with Gasteiger partial charge < -0.3 is 0 Å². The van der Waals surface area contributed by atoms with E-state index in [2.05, 4.69) is 6.58 Å². The van der Waals surface area contributed by atoms with Crippen molar-refractivity contribution in [2.24, 2.45) is 0 Å². The lowest BCUT2D eigenvalue weighted by Gasteiger charge is -2.10. The molecule has 0 nitrogen and oxygen atoms in total. The van der Waals surface area contributed by atoms with Crippen molar-refractivity contribution in [1.29, 1.82) is 0 Å². The second-order valence-electron chi connectivity index (χ2n) is 5.92. The van der Waals surface area contributed by atoms with Gasteiger partial charge in [0.25, 0.3) is 0 Å². The van der Waals surface area contributed by atoms with Crippen LogP contribution in [0.15, 0.2) is 67.3 Å². The van der Waals surface area contributed by atoms with Gasteiger partial charge in [0.15, 0.2) is 0 Å². The molecule has 0 unspecified atom stereocenters. The molecule has 0 aromatic heterocycles. The molecular formula is C21H16F4. The molecule has 0 heterocycles. The quantitative estimate of drug-likeness (QED) is 0.361. The molecule has 3 aromatic carbocycles. The minimum atomic E-state index is -4.37. The monoisotopic (exact) mass is 344 g/mol. The Kier molecular flexibility index (Phi) is 4.62. The van der Waals surface area contributed by atoms with Gasteiger partial charge in [-0.3, -0.25) is 0 Å². The average Bonchev–Trinajstić information content (AvgIpc) is 2.58. The highest BCUT2D eigenvalue weighted by Crippen LogP contribution is 2.33. The maximum atomic E-state index is 14.4. The van der Waals surface area contributed by atoms with Gasteiger partial charge >= 0.3 is 6.18 Å². The molecule has 0 N–H and O–H groups in total. The van der Waals surface area contributed by atoms with E-state index in [0.717, 1.165) is 30.5 Å². The highest BCUT2D eigenvalue weighted by Gasteiger charge is 2.30. The summed E-state index contributed by atoms with van der Waals surface area (Å²) in [5, 5.41) is 1.11. The standard InChI is InChI=1S/C21H16F4/c1-2-3-4-14-5-10-19(20(22)11-14)17-7-6-16-13-18(21(23,24)25)9-8-15(16)12-17/h2,5-13H,1,3-4H2. The molecule has 0 aliphatic heterocycles. The number of rotatable bonds is 4. The third-order valence-corrected chi connectivity index (χ3v) is 4.15. The Morgan fingerprint density at radius 3 is 2.28 bits per heavy atom. The number of halogens is 4. The van der Waals surface area contributed by atoms with Crippen LogP contribution in [-0.2, 0) is 12.6 Å². The van der Waals surface area contributed by atoms with Crippen LogP contribution in [0, 0.1) is 5.82 Å². The zero-order chi connectivity index (χ0) is 18.0. The average molecular weight is 344 g/mol. The molecule has 0 atom stereocenters. The van der Waals surface area contributed by atoms with E-state index in [9.17, 15) is 17.6 Å². The molecule has 0 amide bonds. The van der Waals surface area contributed by atoms with E-state index in [1.807, 2.05) is 6.07 Å². The van der Waals surface area contributed by atoms with Crippen molar-refractivity contribution in [1.82, 2.24) is 0 Å². The Morgan fingerprint density at radius 1 is 0.880 bits per heavy atom. The van der Waals surface area contributed by atoms with Crippen molar-refractivity contribution in [3.63, 3.8) is 0 Å². The number of aryl methyl sites for hydroxylation is 1. The summed E-state index contributed by atoms with van der Waals surface area (Å²) >= 11 is 0. The van der Waals surface area contributed by atoms with Crippen LogP contribution in [0.2, 0.25) is 0 Å². The molecule has 0 aliphatic carbocycles. The summed E-state index contributed by atoms with van der Waals surface area (Å²) in [4.78, 5) is 0. The molecule has 3 aromatic rings. The van der Waals surface area contributed by atoms with Crippen LogP contribution in [0.1, 0.15) is 17.5 Å². The molecule has 0 bridgehead atoms. The smallest absolute Gasteiger partial charge is 0.206 e. The van der Waals surface area contributed by atoms with Gasteiger partial charge in [0.05, 0.1) is 5.56 Å². The van der Waals surface area contributed by atoms with E-state index >= 15 is 0 Å². The molecule has 128 valence electrons. The Bertz CT molecular complexity index is 923. The zero-order valence-corrected chi connectivity index (χ0v) is 13.4. The Hall–Kier alpha value is -2.62. The zero-order valence-electron chi connectivity index (χ0n) is 13.4. The maximum Gasteiger partial charge on any atom is 0.416 e. The summed E-state index contributed by atoms with van der Waals surface area (Å²) in [6.45, 7) is 3.65. The largest absolute Gasteiger partial charge is 0.416 e. The van der Waals surface area contributed by atoms with Gasteiger partial charge in [-0.25, -0.2) is 4.39 Å². The third-order valence-electron chi connectivity index (χ3n) is 4.15. The predicted octanol–water partition coefficient (Wildman–Crippen LogP) is 6.78. The minimum absolute atomic E-state index is 0.340. The van der Waals surface area contributed by atoms with Gasteiger partial charge in [0, 0.05) is 5.56 Å². The van der Waals surface area contributed by atoms with Gasteiger partial charge in [0.1, 0.15) is 5.82 Å². The molecular weight excluding hydrogens is 328 g/mol. The molecule has 25 heavy (non-hydrogen) atoms. The molecule has 0 radical (unpaired) electrons. The van der Waals surface area contributed by atoms with E-state index < -0.39 is 11.7 Å². The summed E-state index contributed by atoms with van der Waals surface area (Å²) in [6, 6.07) is 13.6. The van der Waals surface area contributed by atoms with Crippen molar-refractivity contribution in [2.75, 3.05) is 0 Å². The van der Waals surface area contributed by atoms with Crippen LogP contribution in [0.25, 0.3) is 21.9 Å². The maximum absolute atomic E-state index is 14.4. The summed E-state index contributed by atoms with van der Waals surface area (Å²) in [5.41, 5.74) is 1.27. The second-order valence-corrected chi connectivity index (χ2v) is 5.92. The first-order valence-electron chi connectivity index (χ1n) is 7.89. The van der Waals surface area contributed by atoms with Gasteiger partial charge in [0.2, 0.25) is 0 Å². The first-order valence-corrected chi connectivity index (χ1v) is 7.89. The number of allylic oxidation sites excluding steroid dienone is 1. The topological polar surface area (TPSA) is 0 Å². The molecule has 0 saturated carbocycles. The summed E-state index contributed by atoms with van der Waals surface area (Å²) in [5.74, 6) is -0.340. The third kappa shape index (κ3) is 3.73. The lowest BCUT2D eigenvalue weighted by molar-refractivity contribution is -0.137. The summed E-state index contributed by atoms with van der Waals surface area (Å²) in [6.07, 6.45) is -1.10. The first-order chi connectivity index (χ1) is 11.9. The van der Waals surface area contributed by atoms with Gasteiger partial charge in [-0.15, -0.1) is 6.58 Å². The number of hydrogen-bond donors (Lipinski definition) is 0. The normalized spacial score (nSPS) is 11.7. The summed E-state index contributed by atoms with van der Waals surface area (Å²) < 4.78 is 52.8. The van der Waals surface area contributed by atoms with Crippen LogP contribution in [0.4, 0.5) is 17.6 Å². The van der Waals surface area contributed by atoms with E-state index in [0.29, 0.717) is 21.9 Å². The molecule has 0 spiro atoms. The molecule has 3 rings (SSSR count). The molecule has 0 fully saturated rings. The lowest BCUT2D eigenvalue weighted by Crippen LogP contribution is -2.04. The molecule has 4 heteroatoms. The Balaban J connectivity index is 1.98. The predicted molar refractivity (Wildman–Crippen MR) is 92.9 cm³/mol. The molecule has 0 aliphatic rings. The van der Waals surface area contributed by atoms with Crippen LogP contribution >= 0.6 is 0 Å². The van der Waals surface area contributed by atoms with Crippen molar-refractivity contribution in [3.8, 4) is 11.1 Å². The number of benzene rings is 3. The Morgan fingerprint density at radius 2 is 1.60 bits per heavy atom. The van der Waals surface area contributed by atoms with Crippen LogP contribution < -0.4 is 0 Å². The summed E-state index contributed by atoms with van der Waals surface area (Å²) in [7, 11) is 0. The fraction of sp³-hybridized carbons (Fsp3) is 0.143. The Labute approximate surface area is 143 Å². The minimum Gasteiger partial charge on any atom is -0.206 e. The first kappa shape index (κ1) is 17.2. The van der Waals surface area contributed by atoms with Crippen molar-refractivity contribution in [2.45, 2.75) is 19.0 Å². The van der Waals surface area contributed by atoms with E-state index in [1.165, 1.54) is 12.1 Å². The highest BCUT2D eigenvalue weighted by molar-refractivity contribution is 5.88. The fourth-order valence-electron chi connectivity index (χ4n) is 2.81. The van der Waals surface area contributed by atoms with E-state index in [-0.39, 0.29) is 5.82 Å². The fourth-order valence-corrected chi connectivity index (χ4v) is 2.81. The van der Waals surface area contributed by atoms with Gasteiger partial charge in [-0.05, 0) is 59.0 Å². The number of fused-ring (bicyclic) bond motifs is 1. The second kappa shape index (κ2) is 6.71. The van der Waals surface area contributed by atoms with Gasteiger partial charge in [-0.2, -0.15) is 13.2 Å². The SMILES string of the molecule is C=CCCc1ccc(-c2ccc3cc(C(F)(F)F)ccc3c2)c(F)c1. The van der Waals surface area contributed by atoms with E-state index in [4.69, 9.17) is 0 Å². The van der Waals surface area contributed by atoms with E-state index in [1.54, 1.807) is 30.3 Å². The van der Waals surface area contributed by atoms with Gasteiger partial charge in [-0.1, -0.05) is 36.4 Å². The van der Waals surface area contributed by atoms with Crippen LogP contribution in [-0.4, -0.2) is 0 Å². The van der Waals surface area contributed by atoms with Crippen LogP contribution in [0.5, 0.6) is 0 Å². The van der Waals surface area contributed by atoms with Crippen LogP contribution in [0.3, 0.4) is 0 Å². The molecule has 0 saturated heterocycles. The highest BCUT2D eigenvalue weighted by atomic mass is 19.4. The number of hydrogen-bond acceptors (Lipinski definition) is 0. The van der Waals surface area contributed by atoms with Crippen molar-refractivity contribution < 1.29 is 17.6 Å².